The summed E-state index contributed by atoms with van der Waals surface area (Å²) in [5.41, 5.74) is 1.85. The number of rotatable bonds is 4. The van der Waals surface area contributed by atoms with Gasteiger partial charge in [-0.3, -0.25) is 4.79 Å². The molecular formula is C17H14ClNO2. The summed E-state index contributed by atoms with van der Waals surface area (Å²) in [5.74, 6) is 0.0959. The Hall–Kier alpha value is -2.26. The van der Waals surface area contributed by atoms with E-state index in [0.29, 0.717) is 22.9 Å². The van der Waals surface area contributed by atoms with E-state index in [1.165, 1.54) is 5.56 Å². The standard InChI is InChI=1S/C17H14ClNO2/c18-14-6-7-15-13(10-14)11-16(21-15)17(20)19-9-8-12-4-2-1-3-5-12/h1-7,10-11H,8-9H2,(H,19,20). The zero-order valence-electron chi connectivity index (χ0n) is 11.3. The average molecular weight is 300 g/mol. The number of hydrogen-bond donors (Lipinski definition) is 1. The van der Waals surface area contributed by atoms with Crippen molar-refractivity contribution >= 4 is 28.5 Å². The van der Waals surface area contributed by atoms with Crippen molar-refractivity contribution in [3.05, 3.63) is 70.9 Å². The van der Waals surface area contributed by atoms with Crippen LogP contribution in [0.2, 0.25) is 5.02 Å². The van der Waals surface area contributed by atoms with Crippen LogP contribution in [0.4, 0.5) is 0 Å². The fourth-order valence-corrected chi connectivity index (χ4v) is 2.36. The quantitative estimate of drug-likeness (QED) is 0.789. The Morgan fingerprint density at radius 2 is 1.90 bits per heavy atom. The van der Waals surface area contributed by atoms with Gasteiger partial charge < -0.3 is 9.73 Å². The molecule has 21 heavy (non-hydrogen) atoms. The molecule has 1 heterocycles. The molecule has 0 aliphatic rings. The van der Waals surface area contributed by atoms with Gasteiger partial charge in [-0.2, -0.15) is 0 Å². The van der Waals surface area contributed by atoms with Gasteiger partial charge in [0.2, 0.25) is 0 Å². The Kier molecular flexibility index (Phi) is 3.93. The van der Waals surface area contributed by atoms with E-state index in [4.69, 9.17) is 16.0 Å². The average Bonchev–Trinajstić information content (AvgIpc) is 2.91. The summed E-state index contributed by atoms with van der Waals surface area (Å²) in [5, 5.41) is 4.31. The van der Waals surface area contributed by atoms with E-state index in [1.54, 1.807) is 24.3 Å². The molecule has 0 saturated heterocycles. The van der Waals surface area contributed by atoms with Crippen molar-refractivity contribution in [2.24, 2.45) is 0 Å². The van der Waals surface area contributed by atoms with E-state index in [-0.39, 0.29) is 5.91 Å². The molecule has 2 aromatic carbocycles. The van der Waals surface area contributed by atoms with E-state index in [2.05, 4.69) is 5.32 Å². The van der Waals surface area contributed by atoms with Gasteiger partial charge in [-0.15, -0.1) is 0 Å². The molecule has 0 aliphatic heterocycles. The molecule has 0 spiro atoms. The first kappa shape index (κ1) is 13.7. The normalized spacial score (nSPS) is 10.7. The van der Waals surface area contributed by atoms with Crippen LogP contribution in [0.15, 0.2) is 59.0 Å². The van der Waals surface area contributed by atoms with Gasteiger partial charge in [0.05, 0.1) is 0 Å². The number of nitrogens with one attached hydrogen (secondary N) is 1. The molecule has 1 N–H and O–H groups in total. The Morgan fingerprint density at radius 1 is 1.10 bits per heavy atom. The first-order valence-corrected chi connectivity index (χ1v) is 7.11. The van der Waals surface area contributed by atoms with Crippen molar-refractivity contribution < 1.29 is 9.21 Å². The highest BCUT2D eigenvalue weighted by Gasteiger charge is 2.11. The topological polar surface area (TPSA) is 42.2 Å². The molecule has 0 bridgehead atoms. The minimum atomic E-state index is -0.210. The molecule has 1 aromatic heterocycles. The molecule has 0 unspecified atom stereocenters. The second-order valence-corrected chi connectivity index (χ2v) is 5.22. The summed E-state index contributed by atoms with van der Waals surface area (Å²) in [6.07, 6.45) is 0.790. The molecule has 1 amide bonds. The van der Waals surface area contributed by atoms with Crippen molar-refractivity contribution in [2.45, 2.75) is 6.42 Å². The molecule has 0 saturated carbocycles. The fraction of sp³-hybridized carbons (Fsp3) is 0.118. The highest BCUT2D eigenvalue weighted by Crippen LogP contribution is 2.22. The Labute approximate surface area is 127 Å². The van der Waals surface area contributed by atoms with Crippen molar-refractivity contribution in [1.82, 2.24) is 5.32 Å². The number of carbonyl (C=O) groups is 1. The van der Waals surface area contributed by atoms with Crippen LogP contribution < -0.4 is 5.32 Å². The zero-order valence-corrected chi connectivity index (χ0v) is 12.1. The summed E-state index contributed by atoms with van der Waals surface area (Å²) in [6, 6.07) is 17.0. The largest absolute Gasteiger partial charge is 0.451 e. The Balaban J connectivity index is 1.64. The highest BCUT2D eigenvalue weighted by molar-refractivity contribution is 6.31. The third kappa shape index (κ3) is 3.26. The molecular weight excluding hydrogens is 286 g/mol. The summed E-state index contributed by atoms with van der Waals surface area (Å²) in [7, 11) is 0. The highest BCUT2D eigenvalue weighted by atomic mass is 35.5. The van der Waals surface area contributed by atoms with Crippen LogP contribution in [0.1, 0.15) is 16.1 Å². The number of carbonyl (C=O) groups excluding carboxylic acids is 1. The van der Waals surface area contributed by atoms with Gasteiger partial charge in [0.1, 0.15) is 5.58 Å². The second kappa shape index (κ2) is 6.02. The van der Waals surface area contributed by atoms with E-state index in [0.717, 1.165) is 11.8 Å². The van der Waals surface area contributed by atoms with Crippen molar-refractivity contribution in [3.8, 4) is 0 Å². The predicted octanol–water partition coefficient (Wildman–Crippen LogP) is 4.06. The first-order chi connectivity index (χ1) is 10.2. The van der Waals surface area contributed by atoms with Crippen molar-refractivity contribution in [1.29, 1.82) is 0 Å². The van der Waals surface area contributed by atoms with Crippen LogP contribution in [0, 0.1) is 0 Å². The molecule has 0 aliphatic carbocycles. The van der Waals surface area contributed by atoms with E-state index in [1.807, 2.05) is 30.3 Å². The van der Waals surface area contributed by atoms with Crippen molar-refractivity contribution in [2.75, 3.05) is 6.54 Å². The molecule has 106 valence electrons. The van der Waals surface area contributed by atoms with Crippen LogP contribution in [-0.4, -0.2) is 12.5 Å². The van der Waals surface area contributed by atoms with E-state index >= 15 is 0 Å². The molecule has 0 atom stereocenters. The van der Waals surface area contributed by atoms with Crippen LogP contribution in [0.5, 0.6) is 0 Å². The molecule has 4 heteroatoms. The van der Waals surface area contributed by atoms with Gasteiger partial charge in [-0.1, -0.05) is 41.9 Å². The number of amides is 1. The van der Waals surface area contributed by atoms with Gasteiger partial charge in [-0.05, 0) is 36.2 Å². The molecule has 0 fully saturated rings. The zero-order chi connectivity index (χ0) is 14.7. The molecule has 3 aromatic rings. The van der Waals surface area contributed by atoms with Crippen molar-refractivity contribution in [3.63, 3.8) is 0 Å². The number of halogens is 1. The number of furan rings is 1. The number of fused-ring (bicyclic) bond motifs is 1. The maximum absolute atomic E-state index is 12.1. The van der Waals surface area contributed by atoms with Gasteiger partial charge in [-0.25, -0.2) is 0 Å². The van der Waals surface area contributed by atoms with Crippen LogP contribution in [0.3, 0.4) is 0 Å². The summed E-state index contributed by atoms with van der Waals surface area (Å²) in [4.78, 5) is 12.1. The number of hydrogen-bond acceptors (Lipinski definition) is 2. The minimum Gasteiger partial charge on any atom is -0.451 e. The van der Waals surface area contributed by atoms with Crippen LogP contribution in [0.25, 0.3) is 11.0 Å². The first-order valence-electron chi connectivity index (χ1n) is 6.73. The van der Waals surface area contributed by atoms with Gasteiger partial charge in [0.15, 0.2) is 5.76 Å². The smallest absolute Gasteiger partial charge is 0.287 e. The fourth-order valence-electron chi connectivity index (χ4n) is 2.18. The lowest BCUT2D eigenvalue weighted by atomic mass is 10.1. The monoisotopic (exact) mass is 299 g/mol. The predicted molar refractivity (Wildman–Crippen MR) is 83.7 cm³/mol. The SMILES string of the molecule is O=C(NCCc1ccccc1)c1cc2cc(Cl)ccc2o1. The lowest BCUT2D eigenvalue weighted by molar-refractivity contribution is 0.0928. The van der Waals surface area contributed by atoms with E-state index < -0.39 is 0 Å². The lowest BCUT2D eigenvalue weighted by Crippen LogP contribution is -2.25. The molecule has 0 radical (unpaired) electrons. The van der Waals surface area contributed by atoms with Crippen LogP contribution >= 0.6 is 11.6 Å². The van der Waals surface area contributed by atoms with Crippen LogP contribution in [-0.2, 0) is 6.42 Å². The second-order valence-electron chi connectivity index (χ2n) is 4.78. The maximum Gasteiger partial charge on any atom is 0.287 e. The third-order valence-electron chi connectivity index (χ3n) is 3.24. The van der Waals surface area contributed by atoms with Gasteiger partial charge >= 0.3 is 0 Å². The van der Waals surface area contributed by atoms with Gasteiger partial charge in [0.25, 0.3) is 5.91 Å². The third-order valence-corrected chi connectivity index (χ3v) is 3.48. The minimum absolute atomic E-state index is 0.210. The Bertz CT molecular complexity index is 765. The summed E-state index contributed by atoms with van der Waals surface area (Å²) >= 11 is 5.92. The summed E-state index contributed by atoms with van der Waals surface area (Å²) < 4.78 is 5.52. The Morgan fingerprint density at radius 3 is 2.71 bits per heavy atom. The van der Waals surface area contributed by atoms with Gasteiger partial charge in [0, 0.05) is 17.0 Å². The summed E-state index contributed by atoms with van der Waals surface area (Å²) in [6.45, 7) is 0.570. The lowest BCUT2D eigenvalue weighted by Gasteiger charge is -2.03. The number of benzene rings is 2. The van der Waals surface area contributed by atoms with E-state index in [9.17, 15) is 4.79 Å². The maximum atomic E-state index is 12.1. The molecule has 3 rings (SSSR count). The molecule has 3 nitrogen and oxygen atoms in total.